The highest BCUT2D eigenvalue weighted by Crippen LogP contribution is 2.12. The molecule has 0 N–H and O–H groups in total. The van der Waals surface area contributed by atoms with E-state index in [1.807, 2.05) is 24.4 Å². The molecule has 0 amide bonds. The van der Waals surface area contributed by atoms with Crippen LogP contribution in [-0.2, 0) is 6.54 Å². The topological polar surface area (TPSA) is 13.2 Å². The van der Waals surface area contributed by atoms with Gasteiger partial charge in [-0.15, -0.1) is 4.52 Å². The van der Waals surface area contributed by atoms with Crippen molar-refractivity contribution in [2.75, 3.05) is 0 Å². The number of hydrogen-bond donors (Lipinski definition) is 0. The Morgan fingerprint density at radius 1 is 0.875 bits per heavy atom. The molecule has 4 aromatic rings. The van der Waals surface area contributed by atoms with Gasteiger partial charge in [0, 0.05) is 6.07 Å². The van der Waals surface area contributed by atoms with Crippen molar-refractivity contribution in [3.8, 4) is 5.69 Å². The summed E-state index contributed by atoms with van der Waals surface area (Å²) in [6.07, 6.45) is 2.05. The maximum absolute atomic E-state index is 5.81. The Bertz CT molecular complexity index is 1040. The third kappa shape index (κ3) is 2.55. The predicted octanol–water partition coefficient (Wildman–Crippen LogP) is 4.10. The molecule has 0 aliphatic rings. The summed E-state index contributed by atoms with van der Waals surface area (Å²) in [5, 5.41) is 0. The molecule has 0 saturated heterocycles. The quantitative estimate of drug-likeness (QED) is 0.407. The van der Waals surface area contributed by atoms with E-state index in [1.54, 1.807) is 0 Å². The second kappa shape index (κ2) is 6.06. The van der Waals surface area contributed by atoms with Gasteiger partial charge in [-0.1, -0.05) is 58.8 Å². The van der Waals surface area contributed by atoms with Gasteiger partial charge in [-0.2, -0.15) is 0 Å². The van der Waals surface area contributed by atoms with Crippen molar-refractivity contribution < 1.29 is 4.57 Å². The summed E-state index contributed by atoms with van der Waals surface area (Å²) in [6.45, 7) is 2.85. The number of nitrogens with zero attached hydrogens (tertiary/aromatic N) is 3. The van der Waals surface area contributed by atoms with E-state index in [4.69, 9.17) is 12.2 Å². The van der Waals surface area contributed by atoms with Gasteiger partial charge in [0.1, 0.15) is 11.9 Å². The van der Waals surface area contributed by atoms with Crippen LogP contribution in [0.3, 0.4) is 0 Å². The minimum absolute atomic E-state index is 0.756. The zero-order valence-corrected chi connectivity index (χ0v) is 14.3. The SMILES string of the molecule is Cc1ccc(-n2c(=S)[n+](Cc3ccccc3)c3ccccn32)cc1. The summed E-state index contributed by atoms with van der Waals surface area (Å²) < 4.78 is 7.14. The molecule has 0 unspecified atom stereocenters. The molecule has 118 valence electrons. The van der Waals surface area contributed by atoms with Crippen molar-refractivity contribution in [3.05, 3.63) is 94.9 Å². The van der Waals surface area contributed by atoms with Gasteiger partial charge in [-0.05, 0) is 42.9 Å². The first-order valence-electron chi connectivity index (χ1n) is 7.97. The van der Waals surface area contributed by atoms with Crippen molar-refractivity contribution in [2.24, 2.45) is 0 Å². The van der Waals surface area contributed by atoms with Gasteiger partial charge in [0.25, 0.3) is 5.65 Å². The Morgan fingerprint density at radius 3 is 2.33 bits per heavy atom. The average molecular weight is 332 g/mol. The molecule has 2 aromatic heterocycles. The minimum atomic E-state index is 0.756. The fourth-order valence-corrected chi connectivity index (χ4v) is 3.30. The summed E-state index contributed by atoms with van der Waals surface area (Å²) in [5.74, 6) is 0. The fraction of sp³-hybridized carbons (Fsp3) is 0.100. The van der Waals surface area contributed by atoms with Gasteiger partial charge in [0.15, 0.2) is 0 Å². The number of pyridine rings is 1. The van der Waals surface area contributed by atoms with E-state index in [2.05, 4.69) is 75.3 Å². The van der Waals surface area contributed by atoms with E-state index in [-0.39, 0.29) is 0 Å². The first kappa shape index (κ1) is 14.8. The third-order valence-electron chi connectivity index (χ3n) is 4.18. The number of rotatable bonds is 3. The number of hydrogen-bond acceptors (Lipinski definition) is 1. The van der Waals surface area contributed by atoms with Gasteiger partial charge in [-0.3, -0.25) is 0 Å². The van der Waals surface area contributed by atoms with E-state index in [0.717, 1.165) is 22.7 Å². The Balaban J connectivity index is 1.94. The monoisotopic (exact) mass is 332 g/mol. The molecular weight excluding hydrogens is 314 g/mol. The lowest BCUT2D eigenvalue weighted by atomic mass is 10.2. The maximum atomic E-state index is 5.81. The van der Waals surface area contributed by atoms with Gasteiger partial charge >= 0.3 is 4.77 Å². The van der Waals surface area contributed by atoms with Crippen molar-refractivity contribution >= 4 is 17.9 Å². The third-order valence-corrected chi connectivity index (χ3v) is 4.58. The van der Waals surface area contributed by atoms with Gasteiger partial charge in [0.2, 0.25) is 0 Å². The van der Waals surface area contributed by atoms with E-state index in [1.165, 1.54) is 11.1 Å². The zero-order chi connectivity index (χ0) is 16.5. The van der Waals surface area contributed by atoms with E-state index in [0.29, 0.717) is 0 Å². The standard InChI is InChI=1S/C20H18N3S/c1-16-10-12-18(13-11-16)23-20(24)21(15-17-7-3-2-4-8-17)19-9-5-6-14-22(19)23/h2-14H,15H2,1H3/q+1. The smallest absolute Gasteiger partial charge is 0.213 e. The number of fused-ring (bicyclic) bond motifs is 1. The fourth-order valence-electron chi connectivity index (χ4n) is 2.95. The van der Waals surface area contributed by atoms with Crippen molar-refractivity contribution in [1.29, 1.82) is 0 Å². The lowest BCUT2D eigenvalue weighted by molar-refractivity contribution is -0.670. The number of benzene rings is 2. The van der Waals surface area contributed by atoms with Crippen LogP contribution in [0.2, 0.25) is 0 Å². The second-order valence-corrected chi connectivity index (χ2v) is 6.27. The van der Waals surface area contributed by atoms with E-state index < -0.39 is 0 Å². The largest absolute Gasteiger partial charge is 0.332 e. The van der Waals surface area contributed by atoms with E-state index in [9.17, 15) is 0 Å². The molecule has 3 nitrogen and oxygen atoms in total. The average Bonchev–Trinajstić information content (AvgIpc) is 2.89. The lowest BCUT2D eigenvalue weighted by Gasteiger charge is -1.98. The number of aryl methyl sites for hydroxylation is 1. The molecule has 0 aliphatic carbocycles. The molecule has 4 rings (SSSR count). The minimum Gasteiger partial charge on any atom is -0.213 e. The highest BCUT2D eigenvalue weighted by molar-refractivity contribution is 7.71. The number of aromatic nitrogens is 3. The van der Waals surface area contributed by atoms with Gasteiger partial charge in [0.05, 0.1) is 6.54 Å². The van der Waals surface area contributed by atoms with Crippen LogP contribution < -0.4 is 4.57 Å². The summed E-state index contributed by atoms with van der Waals surface area (Å²) in [6, 6.07) is 25.0. The van der Waals surface area contributed by atoms with Gasteiger partial charge < -0.3 is 0 Å². The molecular formula is C20H18N3S+. The molecule has 2 aromatic carbocycles. The summed E-state index contributed by atoms with van der Waals surface area (Å²) in [7, 11) is 0. The maximum Gasteiger partial charge on any atom is 0.332 e. The van der Waals surface area contributed by atoms with Crippen molar-refractivity contribution in [3.63, 3.8) is 0 Å². The zero-order valence-electron chi connectivity index (χ0n) is 13.5. The highest BCUT2D eigenvalue weighted by atomic mass is 32.1. The molecule has 0 atom stereocenters. The molecule has 0 saturated carbocycles. The second-order valence-electron chi connectivity index (χ2n) is 5.91. The Morgan fingerprint density at radius 2 is 1.58 bits per heavy atom. The van der Waals surface area contributed by atoms with Crippen LogP contribution in [0, 0.1) is 11.7 Å². The molecule has 0 radical (unpaired) electrons. The molecule has 24 heavy (non-hydrogen) atoms. The van der Waals surface area contributed by atoms with Crippen molar-refractivity contribution in [2.45, 2.75) is 13.5 Å². The Kier molecular flexibility index (Phi) is 3.75. The molecule has 0 aliphatic heterocycles. The molecule has 0 bridgehead atoms. The molecule has 4 heteroatoms. The van der Waals surface area contributed by atoms with Gasteiger partial charge in [-0.25, -0.2) is 4.57 Å². The summed E-state index contributed by atoms with van der Waals surface area (Å²) >= 11 is 5.81. The van der Waals surface area contributed by atoms with Crippen LogP contribution in [0.15, 0.2) is 79.0 Å². The molecule has 2 heterocycles. The van der Waals surface area contributed by atoms with Crippen LogP contribution in [-0.4, -0.2) is 9.20 Å². The van der Waals surface area contributed by atoms with Crippen LogP contribution >= 0.6 is 12.2 Å². The first-order valence-corrected chi connectivity index (χ1v) is 8.38. The van der Waals surface area contributed by atoms with E-state index >= 15 is 0 Å². The summed E-state index contributed by atoms with van der Waals surface area (Å²) in [5.41, 5.74) is 4.62. The Labute approximate surface area is 146 Å². The molecule has 0 fully saturated rings. The van der Waals surface area contributed by atoms with Crippen LogP contribution in [0.1, 0.15) is 11.1 Å². The van der Waals surface area contributed by atoms with Crippen molar-refractivity contribution in [1.82, 2.24) is 9.20 Å². The first-order chi connectivity index (χ1) is 11.7. The lowest BCUT2D eigenvalue weighted by Crippen LogP contribution is -2.35. The summed E-state index contributed by atoms with van der Waals surface area (Å²) in [4.78, 5) is 0. The highest BCUT2D eigenvalue weighted by Gasteiger charge is 2.19. The predicted molar refractivity (Wildman–Crippen MR) is 98.0 cm³/mol. The van der Waals surface area contributed by atoms with Crippen LogP contribution in [0.5, 0.6) is 0 Å². The van der Waals surface area contributed by atoms with Crippen LogP contribution in [0.4, 0.5) is 0 Å². The normalized spacial score (nSPS) is 11.0. The molecule has 0 spiro atoms. The Hall–Kier alpha value is -2.72. The van der Waals surface area contributed by atoms with Crippen LogP contribution in [0.25, 0.3) is 11.3 Å².